The number of rotatable bonds is 9. The highest BCUT2D eigenvalue weighted by molar-refractivity contribution is 8.00. The largest absolute Gasteiger partial charge is 0.385 e. The Kier molecular flexibility index (Phi) is 7.10. The van der Waals surface area contributed by atoms with Crippen molar-refractivity contribution in [2.45, 2.75) is 49.6 Å². The Balaban J connectivity index is 1.58. The first kappa shape index (κ1) is 22.1. The maximum atomic E-state index is 13.1. The van der Waals surface area contributed by atoms with Crippen LogP contribution in [-0.2, 0) is 24.1 Å². The standard InChI is InChI=1S/C24H26ClN3O2S/c1-16(22(29)19-12-11-17-7-5-8-18(17)15-19)31-24-27-26-23(28(24)13-6-14-30-2)20-9-3-4-10-21(20)25/h3-4,9-12,15-16H,5-8,13-14H2,1-2H3/t16-/m1/s1. The van der Waals surface area contributed by atoms with Gasteiger partial charge < -0.3 is 9.30 Å². The topological polar surface area (TPSA) is 57.0 Å². The maximum absolute atomic E-state index is 13.1. The number of benzene rings is 2. The van der Waals surface area contributed by atoms with Gasteiger partial charge in [0.25, 0.3) is 0 Å². The van der Waals surface area contributed by atoms with Gasteiger partial charge in [-0.3, -0.25) is 4.79 Å². The van der Waals surface area contributed by atoms with Crippen LogP contribution in [0.2, 0.25) is 5.02 Å². The van der Waals surface area contributed by atoms with Gasteiger partial charge in [-0.1, -0.05) is 47.6 Å². The zero-order valence-corrected chi connectivity index (χ0v) is 19.4. The number of fused-ring (bicyclic) bond motifs is 1. The predicted molar refractivity (Wildman–Crippen MR) is 125 cm³/mol. The van der Waals surface area contributed by atoms with Crippen molar-refractivity contribution in [2.24, 2.45) is 0 Å². The lowest BCUT2D eigenvalue weighted by Gasteiger charge is -2.14. The highest BCUT2D eigenvalue weighted by Gasteiger charge is 2.23. The minimum absolute atomic E-state index is 0.116. The summed E-state index contributed by atoms with van der Waals surface area (Å²) in [5, 5.41) is 9.89. The fourth-order valence-corrected chi connectivity index (χ4v) is 5.13. The minimum Gasteiger partial charge on any atom is -0.385 e. The van der Waals surface area contributed by atoms with E-state index in [9.17, 15) is 4.79 Å². The molecule has 7 heteroatoms. The van der Waals surface area contributed by atoms with Crippen LogP contribution in [0.3, 0.4) is 0 Å². The van der Waals surface area contributed by atoms with Gasteiger partial charge in [-0.2, -0.15) is 0 Å². The fraction of sp³-hybridized carbons (Fsp3) is 0.375. The number of Topliss-reactive ketones (excluding diaryl/α,β-unsaturated/α-hetero) is 1. The smallest absolute Gasteiger partial charge is 0.192 e. The van der Waals surface area contributed by atoms with Crippen LogP contribution in [0.4, 0.5) is 0 Å². The molecule has 0 N–H and O–H groups in total. The SMILES string of the molecule is COCCCn1c(S[C@H](C)C(=O)c2ccc3c(c2)CCC3)nnc1-c1ccccc1Cl. The lowest BCUT2D eigenvalue weighted by molar-refractivity contribution is 0.0993. The predicted octanol–water partition coefficient (Wildman–Crippen LogP) is 5.49. The number of hydrogen-bond donors (Lipinski definition) is 0. The number of ketones is 1. The Hall–Kier alpha value is -2.15. The second kappa shape index (κ2) is 9.98. The number of thioether (sulfide) groups is 1. The lowest BCUT2D eigenvalue weighted by Crippen LogP contribution is -2.15. The van der Waals surface area contributed by atoms with Crippen LogP contribution in [0.1, 0.15) is 41.3 Å². The van der Waals surface area contributed by atoms with E-state index >= 15 is 0 Å². The van der Waals surface area contributed by atoms with Crippen LogP contribution in [0, 0.1) is 0 Å². The van der Waals surface area contributed by atoms with E-state index in [1.54, 1.807) is 7.11 Å². The van der Waals surface area contributed by atoms with Gasteiger partial charge in [-0.05, 0) is 61.9 Å². The molecule has 31 heavy (non-hydrogen) atoms. The minimum atomic E-state index is -0.274. The molecule has 0 aliphatic heterocycles. The van der Waals surface area contributed by atoms with Crippen molar-refractivity contribution in [3.05, 3.63) is 64.2 Å². The van der Waals surface area contributed by atoms with Gasteiger partial charge in [-0.15, -0.1) is 10.2 Å². The summed E-state index contributed by atoms with van der Waals surface area (Å²) in [7, 11) is 1.69. The number of methoxy groups -OCH3 is 1. The Morgan fingerprint density at radius 2 is 2.00 bits per heavy atom. The Morgan fingerprint density at radius 3 is 2.81 bits per heavy atom. The fourth-order valence-electron chi connectivity index (χ4n) is 3.96. The van der Waals surface area contributed by atoms with Gasteiger partial charge in [0.15, 0.2) is 16.8 Å². The van der Waals surface area contributed by atoms with Crippen molar-refractivity contribution in [3.8, 4) is 11.4 Å². The van der Waals surface area contributed by atoms with Crippen molar-refractivity contribution in [1.82, 2.24) is 14.8 Å². The summed E-state index contributed by atoms with van der Waals surface area (Å²) in [5.74, 6) is 0.826. The van der Waals surface area contributed by atoms with Crippen molar-refractivity contribution in [1.29, 1.82) is 0 Å². The van der Waals surface area contributed by atoms with E-state index in [1.165, 1.54) is 29.3 Å². The summed E-state index contributed by atoms with van der Waals surface area (Å²) in [6, 6.07) is 13.7. The molecule has 1 atom stereocenters. The molecule has 0 spiro atoms. The van der Waals surface area contributed by atoms with Crippen molar-refractivity contribution in [3.63, 3.8) is 0 Å². The highest BCUT2D eigenvalue weighted by Crippen LogP contribution is 2.32. The first-order valence-electron chi connectivity index (χ1n) is 10.6. The second-order valence-electron chi connectivity index (χ2n) is 7.75. The van der Waals surface area contributed by atoms with Gasteiger partial charge in [0, 0.05) is 31.4 Å². The van der Waals surface area contributed by atoms with Gasteiger partial charge in [0.2, 0.25) is 0 Å². The molecule has 0 bridgehead atoms. The molecule has 0 amide bonds. The summed E-state index contributed by atoms with van der Waals surface area (Å²) in [5.41, 5.74) is 4.29. The first-order valence-corrected chi connectivity index (χ1v) is 11.8. The Labute approximate surface area is 192 Å². The highest BCUT2D eigenvalue weighted by atomic mass is 35.5. The van der Waals surface area contributed by atoms with E-state index in [4.69, 9.17) is 16.3 Å². The number of hydrogen-bond acceptors (Lipinski definition) is 5. The Morgan fingerprint density at radius 1 is 1.19 bits per heavy atom. The Bertz CT molecular complexity index is 1080. The quantitative estimate of drug-likeness (QED) is 0.242. The summed E-state index contributed by atoms with van der Waals surface area (Å²) in [6.45, 7) is 3.25. The number of aromatic nitrogens is 3. The molecule has 0 unspecified atom stereocenters. The number of halogens is 1. The van der Waals surface area contributed by atoms with Crippen molar-refractivity contribution >= 4 is 29.1 Å². The van der Waals surface area contributed by atoms with Crippen LogP contribution in [0.15, 0.2) is 47.6 Å². The summed E-state index contributed by atoms with van der Waals surface area (Å²) in [6.07, 6.45) is 4.16. The molecular weight excluding hydrogens is 430 g/mol. The molecular formula is C24H26ClN3O2S. The molecule has 1 aromatic heterocycles. The van der Waals surface area contributed by atoms with Gasteiger partial charge in [0.1, 0.15) is 0 Å². The third kappa shape index (κ3) is 4.86. The third-order valence-electron chi connectivity index (χ3n) is 5.60. The molecule has 0 saturated heterocycles. The van der Waals surface area contributed by atoms with Gasteiger partial charge in [0.05, 0.1) is 10.3 Å². The van der Waals surface area contributed by atoms with Crippen molar-refractivity contribution < 1.29 is 9.53 Å². The molecule has 2 aromatic carbocycles. The van der Waals surface area contributed by atoms with Crippen LogP contribution in [0.5, 0.6) is 0 Å². The monoisotopic (exact) mass is 455 g/mol. The van der Waals surface area contributed by atoms with E-state index in [0.717, 1.165) is 30.4 Å². The zero-order chi connectivity index (χ0) is 21.8. The molecule has 4 rings (SSSR count). The molecule has 1 heterocycles. The number of ether oxygens (including phenoxy) is 1. The second-order valence-corrected chi connectivity index (χ2v) is 9.46. The van der Waals surface area contributed by atoms with Crippen LogP contribution in [-0.4, -0.2) is 39.5 Å². The number of carbonyl (C=O) groups is 1. The van der Waals surface area contributed by atoms with Crippen LogP contribution in [0.25, 0.3) is 11.4 Å². The van der Waals surface area contributed by atoms with Crippen LogP contribution >= 0.6 is 23.4 Å². The van der Waals surface area contributed by atoms with Crippen LogP contribution < -0.4 is 0 Å². The zero-order valence-electron chi connectivity index (χ0n) is 17.8. The first-order chi connectivity index (χ1) is 15.1. The maximum Gasteiger partial charge on any atom is 0.192 e. The summed E-state index contributed by atoms with van der Waals surface area (Å²) >= 11 is 7.86. The molecule has 1 aliphatic carbocycles. The van der Waals surface area contributed by atoms with E-state index in [-0.39, 0.29) is 11.0 Å². The average Bonchev–Trinajstić information content (AvgIpc) is 3.40. The molecule has 0 fully saturated rings. The molecule has 5 nitrogen and oxygen atoms in total. The van der Waals surface area contributed by atoms with E-state index in [1.807, 2.05) is 41.8 Å². The molecule has 3 aromatic rings. The number of carbonyl (C=O) groups excluding carboxylic acids is 1. The number of aryl methyl sites for hydroxylation is 2. The summed E-state index contributed by atoms with van der Waals surface area (Å²) in [4.78, 5) is 13.1. The summed E-state index contributed by atoms with van der Waals surface area (Å²) < 4.78 is 7.26. The van der Waals surface area contributed by atoms with Crippen molar-refractivity contribution in [2.75, 3.05) is 13.7 Å². The lowest BCUT2D eigenvalue weighted by atomic mass is 10.0. The van der Waals surface area contributed by atoms with Gasteiger partial charge in [-0.25, -0.2) is 0 Å². The molecule has 1 aliphatic rings. The molecule has 0 saturated carbocycles. The number of nitrogens with zero attached hydrogens (tertiary/aromatic N) is 3. The van der Waals surface area contributed by atoms with E-state index in [0.29, 0.717) is 29.2 Å². The normalized spacial score (nSPS) is 13.9. The molecule has 162 valence electrons. The van der Waals surface area contributed by atoms with E-state index < -0.39 is 0 Å². The van der Waals surface area contributed by atoms with Gasteiger partial charge >= 0.3 is 0 Å². The average molecular weight is 456 g/mol. The van der Waals surface area contributed by atoms with E-state index in [2.05, 4.69) is 22.3 Å². The third-order valence-corrected chi connectivity index (χ3v) is 7.01. The molecule has 0 radical (unpaired) electrons.